The average Bonchev–Trinajstić information content (AvgIpc) is 3.08. The third kappa shape index (κ3) is 5.28. The van der Waals surface area contributed by atoms with E-state index in [1.165, 1.54) is 5.56 Å². The van der Waals surface area contributed by atoms with Gasteiger partial charge in [-0.3, -0.25) is 4.79 Å². The van der Waals surface area contributed by atoms with E-state index < -0.39 is 0 Å². The maximum absolute atomic E-state index is 11.9. The molecule has 3 aromatic rings. The van der Waals surface area contributed by atoms with Crippen molar-refractivity contribution >= 4 is 5.91 Å². The Kier molecular flexibility index (Phi) is 6.39. The predicted octanol–water partition coefficient (Wildman–Crippen LogP) is 4.05. The molecule has 0 saturated heterocycles. The molecule has 0 atom stereocenters. The summed E-state index contributed by atoms with van der Waals surface area (Å²) in [5, 5.41) is 2.83. The van der Waals surface area contributed by atoms with Crippen LogP contribution in [0.1, 0.15) is 29.5 Å². The molecule has 0 saturated carbocycles. The van der Waals surface area contributed by atoms with Gasteiger partial charge in [-0.05, 0) is 36.6 Å². The number of benzene rings is 2. The van der Waals surface area contributed by atoms with Crippen molar-refractivity contribution in [2.45, 2.75) is 33.4 Å². The molecule has 0 radical (unpaired) electrons. The van der Waals surface area contributed by atoms with Gasteiger partial charge < -0.3 is 14.5 Å². The van der Waals surface area contributed by atoms with E-state index in [2.05, 4.69) is 29.4 Å². The summed E-state index contributed by atoms with van der Waals surface area (Å²) in [7, 11) is 0. The van der Waals surface area contributed by atoms with Crippen LogP contribution in [0.25, 0.3) is 11.5 Å². The Balaban J connectivity index is 1.49. The van der Waals surface area contributed by atoms with Crippen molar-refractivity contribution in [2.75, 3.05) is 6.61 Å². The fraction of sp³-hybridized carbons (Fsp3) is 0.273. The van der Waals surface area contributed by atoms with Crippen LogP contribution in [0.4, 0.5) is 0 Å². The van der Waals surface area contributed by atoms with E-state index in [1.54, 1.807) is 0 Å². The molecule has 1 amide bonds. The first kappa shape index (κ1) is 18.9. The highest BCUT2D eigenvalue weighted by Crippen LogP contribution is 2.22. The highest BCUT2D eigenvalue weighted by atomic mass is 16.5. The second kappa shape index (κ2) is 9.14. The lowest BCUT2D eigenvalue weighted by molar-refractivity contribution is -0.126. The number of oxazole rings is 1. The van der Waals surface area contributed by atoms with Crippen molar-refractivity contribution in [3.05, 3.63) is 77.2 Å². The SMILES string of the molecule is CCc1ccc(-c2nc(COCC(=O)NCc3ccccc3)c(C)o2)cc1. The van der Waals surface area contributed by atoms with E-state index in [4.69, 9.17) is 9.15 Å². The van der Waals surface area contributed by atoms with E-state index in [-0.39, 0.29) is 19.1 Å². The molecule has 0 aliphatic carbocycles. The molecule has 0 unspecified atom stereocenters. The summed E-state index contributed by atoms with van der Waals surface area (Å²) in [6.07, 6.45) is 0.996. The van der Waals surface area contributed by atoms with E-state index in [9.17, 15) is 4.79 Å². The first-order valence-corrected chi connectivity index (χ1v) is 9.09. The minimum Gasteiger partial charge on any atom is -0.441 e. The third-order valence-electron chi connectivity index (χ3n) is 4.31. The van der Waals surface area contributed by atoms with Gasteiger partial charge in [0.05, 0.1) is 6.61 Å². The zero-order chi connectivity index (χ0) is 19.1. The van der Waals surface area contributed by atoms with E-state index in [0.717, 1.165) is 17.5 Å². The van der Waals surface area contributed by atoms with Gasteiger partial charge in [0.2, 0.25) is 11.8 Å². The zero-order valence-electron chi connectivity index (χ0n) is 15.7. The smallest absolute Gasteiger partial charge is 0.246 e. The Labute approximate surface area is 159 Å². The first-order valence-electron chi connectivity index (χ1n) is 9.09. The molecule has 5 nitrogen and oxygen atoms in total. The summed E-state index contributed by atoms with van der Waals surface area (Å²) in [6.45, 7) is 4.69. The Morgan fingerprint density at radius 3 is 2.52 bits per heavy atom. The highest BCUT2D eigenvalue weighted by molar-refractivity contribution is 5.77. The number of nitrogens with one attached hydrogen (secondary N) is 1. The van der Waals surface area contributed by atoms with E-state index >= 15 is 0 Å². The van der Waals surface area contributed by atoms with Crippen LogP contribution in [0.15, 0.2) is 59.0 Å². The van der Waals surface area contributed by atoms with Crippen LogP contribution in [-0.4, -0.2) is 17.5 Å². The van der Waals surface area contributed by atoms with Gasteiger partial charge in [0.25, 0.3) is 0 Å². The highest BCUT2D eigenvalue weighted by Gasteiger charge is 2.12. The predicted molar refractivity (Wildman–Crippen MR) is 104 cm³/mol. The molecule has 2 aromatic carbocycles. The maximum atomic E-state index is 11.9. The fourth-order valence-electron chi connectivity index (χ4n) is 2.66. The number of hydrogen-bond acceptors (Lipinski definition) is 4. The number of aromatic nitrogens is 1. The summed E-state index contributed by atoms with van der Waals surface area (Å²) in [6, 6.07) is 17.9. The maximum Gasteiger partial charge on any atom is 0.246 e. The molecule has 5 heteroatoms. The summed E-state index contributed by atoms with van der Waals surface area (Å²) in [5.41, 5.74) is 3.96. The standard InChI is InChI=1S/C22H24N2O3/c1-3-17-9-11-19(12-10-17)22-24-20(16(2)27-22)14-26-15-21(25)23-13-18-7-5-4-6-8-18/h4-12H,3,13-15H2,1-2H3,(H,23,25). The third-order valence-corrected chi connectivity index (χ3v) is 4.31. The van der Waals surface area contributed by atoms with Gasteiger partial charge in [-0.15, -0.1) is 0 Å². The lowest BCUT2D eigenvalue weighted by Gasteiger charge is -2.05. The van der Waals surface area contributed by atoms with Crippen LogP contribution >= 0.6 is 0 Å². The van der Waals surface area contributed by atoms with Crippen molar-refractivity contribution in [1.29, 1.82) is 0 Å². The molecule has 0 spiro atoms. The molecule has 27 heavy (non-hydrogen) atoms. The van der Waals surface area contributed by atoms with Gasteiger partial charge in [0, 0.05) is 12.1 Å². The van der Waals surface area contributed by atoms with Gasteiger partial charge in [-0.25, -0.2) is 4.98 Å². The largest absolute Gasteiger partial charge is 0.441 e. The second-order valence-corrected chi connectivity index (χ2v) is 6.33. The molecular formula is C22H24N2O3. The van der Waals surface area contributed by atoms with Crippen LogP contribution in [-0.2, 0) is 29.1 Å². The molecule has 3 rings (SSSR count). The van der Waals surface area contributed by atoms with Crippen LogP contribution < -0.4 is 5.32 Å². The fourth-order valence-corrected chi connectivity index (χ4v) is 2.66. The van der Waals surface area contributed by atoms with Gasteiger partial charge in [0.1, 0.15) is 18.1 Å². The summed E-state index contributed by atoms with van der Waals surface area (Å²) < 4.78 is 11.2. The van der Waals surface area contributed by atoms with Crippen molar-refractivity contribution in [3.63, 3.8) is 0 Å². The van der Waals surface area contributed by atoms with E-state index in [0.29, 0.717) is 23.9 Å². The summed E-state index contributed by atoms with van der Waals surface area (Å²) in [4.78, 5) is 16.4. The monoisotopic (exact) mass is 364 g/mol. The van der Waals surface area contributed by atoms with Crippen LogP contribution in [0.2, 0.25) is 0 Å². The van der Waals surface area contributed by atoms with Crippen molar-refractivity contribution in [3.8, 4) is 11.5 Å². The van der Waals surface area contributed by atoms with Crippen molar-refractivity contribution in [2.24, 2.45) is 0 Å². The average molecular weight is 364 g/mol. The van der Waals surface area contributed by atoms with Crippen LogP contribution in [0.3, 0.4) is 0 Å². The molecule has 0 bridgehead atoms. The number of carbonyl (C=O) groups is 1. The van der Waals surface area contributed by atoms with Crippen LogP contribution in [0, 0.1) is 6.92 Å². The van der Waals surface area contributed by atoms with Gasteiger partial charge in [-0.1, -0.05) is 49.4 Å². The number of hydrogen-bond donors (Lipinski definition) is 1. The lowest BCUT2D eigenvalue weighted by atomic mass is 10.1. The Morgan fingerprint density at radius 2 is 1.81 bits per heavy atom. The first-order chi connectivity index (χ1) is 13.2. The molecular weight excluding hydrogens is 340 g/mol. The minimum atomic E-state index is -0.157. The van der Waals surface area contributed by atoms with Crippen molar-refractivity contribution in [1.82, 2.24) is 10.3 Å². The number of rotatable bonds is 8. The van der Waals surface area contributed by atoms with Crippen LogP contribution in [0.5, 0.6) is 0 Å². The number of ether oxygens (including phenoxy) is 1. The summed E-state index contributed by atoms with van der Waals surface area (Å²) in [5.74, 6) is 1.12. The topological polar surface area (TPSA) is 64.4 Å². The van der Waals surface area contributed by atoms with Gasteiger partial charge in [0.15, 0.2) is 0 Å². The number of nitrogens with zero attached hydrogens (tertiary/aromatic N) is 1. The quantitative estimate of drug-likeness (QED) is 0.655. The molecule has 0 aliphatic heterocycles. The number of amides is 1. The minimum absolute atomic E-state index is 0.0142. The Morgan fingerprint density at radius 1 is 1.07 bits per heavy atom. The molecule has 0 fully saturated rings. The number of aryl methyl sites for hydroxylation is 2. The zero-order valence-corrected chi connectivity index (χ0v) is 15.7. The van der Waals surface area contributed by atoms with E-state index in [1.807, 2.05) is 49.4 Å². The van der Waals surface area contributed by atoms with Gasteiger partial charge in [-0.2, -0.15) is 0 Å². The van der Waals surface area contributed by atoms with Gasteiger partial charge >= 0.3 is 0 Å². The number of carbonyl (C=O) groups excluding carboxylic acids is 1. The normalized spacial score (nSPS) is 10.7. The Hall–Kier alpha value is -2.92. The molecule has 1 N–H and O–H groups in total. The molecule has 1 heterocycles. The Bertz CT molecular complexity index is 870. The van der Waals surface area contributed by atoms with Crippen molar-refractivity contribution < 1.29 is 13.9 Å². The molecule has 0 aliphatic rings. The second-order valence-electron chi connectivity index (χ2n) is 6.33. The lowest BCUT2D eigenvalue weighted by Crippen LogP contribution is -2.27. The molecule has 140 valence electrons. The molecule has 1 aromatic heterocycles. The summed E-state index contributed by atoms with van der Waals surface area (Å²) >= 11 is 0.